The van der Waals surface area contributed by atoms with Crippen LogP contribution in [0.1, 0.15) is 11.1 Å². The second-order valence-electron chi connectivity index (χ2n) is 4.09. The maximum absolute atomic E-state index is 7.58. The van der Waals surface area contributed by atoms with Crippen LogP contribution < -0.4 is 10.5 Å². The smallest absolute Gasteiger partial charge is 0.146 e. The average Bonchev–Trinajstić information content (AvgIpc) is 2.35. The van der Waals surface area contributed by atoms with Crippen molar-refractivity contribution in [3.63, 3.8) is 0 Å². The van der Waals surface area contributed by atoms with Crippen molar-refractivity contribution in [3.05, 3.63) is 57.0 Å². The van der Waals surface area contributed by atoms with Gasteiger partial charge in [-0.2, -0.15) is 0 Å². The summed E-state index contributed by atoms with van der Waals surface area (Å²) in [6.07, 6.45) is 0. The van der Waals surface area contributed by atoms with Gasteiger partial charge in [0.05, 0.1) is 10.6 Å². The van der Waals surface area contributed by atoms with E-state index in [1.54, 1.807) is 18.2 Å². The van der Waals surface area contributed by atoms with Gasteiger partial charge in [-0.25, -0.2) is 0 Å². The highest BCUT2D eigenvalue weighted by Gasteiger charge is 2.10. The predicted octanol–water partition coefficient (Wildman–Crippen LogP) is 4.49. The van der Waals surface area contributed by atoms with Crippen molar-refractivity contribution < 1.29 is 4.74 Å². The second kappa shape index (κ2) is 5.63. The first-order valence-corrected chi connectivity index (χ1v) is 6.72. The zero-order valence-corrected chi connectivity index (χ0v) is 12.5. The van der Waals surface area contributed by atoms with Crippen molar-refractivity contribution in [3.8, 4) is 11.5 Å². The van der Waals surface area contributed by atoms with E-state index >= 15 is 0 Å². The molecule has 0 aliphatic carbocycles. The molecule has 0 saturated carbocycles. The molecule has 0 amide bonds. The molecule has 3 N–H and O–H groups in total. The van der Waals surface area contributed by atoms with Gasteiger partial charge in [0.25, 0.3) is 0 Å². The van der Waals surface area contributed by atoms with Gasteiger partial charge in [0, 0.05) is 4.47 Å². The summed E-state index contributed by atoms with van der Waals surface area (Å²) >= 11 is 9.43. The van der Waals surface area contributed by atoms with Crippen molar-refractivity contribution in [1.82, 2.24) is 0 Å². The number of aryl methyl sites for hydroxylation is 1. The Hall–Kier alpha value is -1.52. The van der Waals surface area contributed by atoms with Gasteiger partial charge in [-0.05, 0) is 42.8 Å². The largest absolute Gasteiger partial charge is 0.455 e. The van der Waals surface area contributed by atoms with Crippen LogP contribution in [-0.4, -0.2) is 5.84 Å². The van der Waals surface area contributed by atoms with Crippen LogP contribution >= 0.6 is 27.5 Å². The summed E-state index contributed by atoms with van der Waals surface area (Å²) in [5, 5.41) is 8.10. The first-order chi connectivity index (χ1) is 8.97. The fourth-order valence-corrected chi connectivity index (χ4v) is 2.13. The number of amidine groups is 1. The molecule has 0 aliphatic heterocycles. The number of halogens is 2. The summed E-state index contributed by atoms with van der Waals surface area (Å²) in [6.45, 7) is 1.96. The van der Waals surface area contributed by atoms with E-state index < -0.39 is 0 Å². The highest BCUT2D eigenvalue weighted by Crippen LogP contribution is 2.33. The van der Waals surface area contributed by atoms with E-state index in [1.165, 1.54) is 0 Å². The lowest BCUT2D eigenvalue weighted by atomic mass is 10.2. The number of nitrogens with two attached hydrogens (primary N) is 1. The van der Waals surface area contributed by atoms with Crippen molar-refractivity contribution in [2.45, 2.75) is 6.92 Å². The third kappa shape index (κ3) is 3.28. The molecule has 0 saturated heterocycles. The number of hydrogen-bond donors (Lipinski definition) is 2. The van der Waals surface area contributed by atoms with Gasteiger partial charge in [-0.3, -0.25) is 5.41 Å². The molecule has 0 bridgehead atoms. The van der Waals surface area contributed by atoms with Crippen LogP contribution in [0.15, 0.2) is 40.9 Å². The van der Waals surface area contributed by atoms with E-state index in [1.807, 2.05) is 25.1 Å². The lowest BCUT2D eigenvalue weighted by Crippen LogP contribution is -2.12. The fourth-order valence-electron chi connectivity index (χ4n) is 1.61. The highest BCUT2D eigenvalue weighted by atomic mass is 79.9. The zero-order chi connectivity index (χ0) is 14.0. The number of rotatable bonds is 3. The molecule has 3 nitrogen and oxygen atoms in total. The SMILES string of the molecule is Cc1ccc(Cl)c(Oc2ccc(Br)cc2C(=N)N)c1. The first-order valence-electron chi connectivity index (χ1n) is 5.55. The van der Waals surface area contributed by atoms with Crippen molar-refractivity contribution in [2.75, 3.05) is 0 Å². The van der Waals surface area contributed by atoms with Crippen LogP contribution in [0.5, 0.6) is 11.5 Å². The molecular weight excluding hydrogens is 328 g/mol. The fraction of sp³-hybridized carbons (Fsp3) is 0.0714. The maximum Gasteiger partial charge on any atom is 0.146 e. The zero-order valence-electron chi connectivity index (χ0n) is 10.2. The molecule has 0 heterocycles. The maximum atomic E-state index is 7.58. The molecule has 2 aromatic rings. The van der Waals surface area contributed by atoms with Gasteiger partial charge in [0.2, 0.25) is 0 Å². The Morgan fingerprint density at radius 2 is 1.95 bits per heavy atom. The molecule has 98 valence electrons. The van der Waals surface area contributed by atoms with Crippen LogP contribution in [0.4, 0.5) is 0 Å². The van der Waals surface area contributed by atoms with E-state index in [-0.39, 0.29) is 5.84 Å². The van der Waals surface area contributed by atoms with Gasteiger partial charge >= 0.3 is 0 Å². The Kier molecular flexibility index (Phi) is 4.12. The molecule has 0 spiro atoms. The third-order valence-electron chi connectivity index (χ3n) is 2.54. The molecule has 0 unspecified atom stereocenters. The van der Waals surface area contributed by atoms with Crippen LogP contribution in [0.2, 0.25) is 5.02 Å². The number of ether oxygens (including phenoxy) is 1. The van der Waals surface area contributed by atoms with E-state index in [0.29, 0.717) is 22.1 Å². The normalized spacial score (nSPS) is 10.3. The third-order valence-corrected chi connectivity index (χ3v) is 3.34. The van der Waals surface area contributed by atoms with Gasteiger partial charge in [-0.15, -0.1) is 0 Å². The standard InChI is InChI=1S/C14H12BrClN2O/c1-8-2-4-11(16)13(6-8)19-12-5-3-9(15)7-10(12)14(17)18/h2-7H,1H3,(H3,17,18). The Bertz CT molecular complexity index is 643. The molecule has 0 fully saturated rings. The lowest BCUT2D eigenvalue weighted by molar-refractivity contribution is 0.481. The minimum Gasteiger partial charge on any atom is -0.455 e. The summed E-state index contributed by atoms with van der Waals surface area (Å²) in [4.78, 5) is 0. The minimum atomic E-state index is -0.0555. The quantitative estimate of drug-likeness (QED) is 0.639. The Labute approximate surface area is 125 Å². The van der Waals surface area contributed by atoms with E-state index in [2.05, 4.69) is 15.9 Å². The number of nitrogens with one attached hydrogen (secondary N) is 1. The molecule has 0 aromatic heterocycles. The molecule has 2 rings (SSSR count). The summed E-state index contributed by atoms with van der Waals surface area (Å²) in [6, 6.07) is 10.8. The van der Waals surface area contributed by atoms with Gasteiger partial charge < -0.3 is 10.5 Å². The molecule has 19 heavy (non-hydrogen) atoms. The van der Waals surface area contributed by atoms with Crippen molar-refractivity contribution >= 4 is 33.4 Å². The molecule has 0 aliphatic rings. The average molecular weight is 340 g/mol. The minimum absolute atomic E-state index is 0.0555. The Morgan fingerprint density at radius 3 is 2.63 bits per heavy atom. The molecule has 0 atom stereocenters. The van der Waals surface area contributed by atoms with Crippen molar-refractivity contribution in [1.29, 1.82) is 5.41 Å². The van der Waals surface area contributed by atoms with E-state index in [9.17, 15) is 0 Å². The van der Waals surface area contributed by atoms with Gasteiger partial charge in [-0.1, -0.05) is 33.6 Å². The summed E-state index contributed by atoms with van der Waals surface area (Å²) < 4.78 is 6.60. The van der Waals surface area contributed by atoms with Crippen molar-refractivity contribution in [2.24, 2.45) is 5.73 Å². The summed E-state index contributed by atoms with van der Waals surface area (Å²) in [5.74, 6) is 0.995. The predicted molar refractivity (Wildman–Crippen MR) is 81.4 cm³/mol. The Morgan fingerprint density at radius 1 is 1.21 bits per heavy atom. The Balaban J connectivity index is 2.43. The van der Waals surface area contributed by atoms with E-state index in [4.69, 9.17) is 27.5 Å². The lowest BCUT2D eigenvalue weighted by Gasteiger charge is -2.12. The van der Waals surface area contributed by atoms with Gasteiger partial charge in [0.1, 0.15) is 17.3 Å². The van der Waals surface area contributed by atoms with Crippen LogP contribution in [0, 0.1) is 12.3 Å². The number of hydrogen-bond acceptors (Lipinski definition) is 2. The van der Waals surface area contributed by atoms with E-state index in [0.717, 1.165) is 10.0 Å². The second-order valence-corrected chi connectivity index (χ2v) is 5.41. The van der Waals surface area contributed by atoms with Crippen LogP contribution in [0.25, 0.3) is 0 Å². The molecule has 2 aromatic carbocycles. The first kappa shape index (κ1) is 13.9. The highest BCUT2D eigenvalue weighted by molar-refractivity contribution is 9.10. The summed E-state index contributed by atoms with van der Waals surface area (Å²) in [5.41, 5.74) is 7.12. The number of nitrogen functional groups attached to an aromatic ring is 1. The molecule has 0 radical (unpaired) electrons. The summed E-state index contributed by atoms with van der Waals surface area (Å²) in [7, 11) is 0. The topological polar surface area (TPSA) is 59.1 Å². The molecule has 5 heteroatoms. The monoisotopic (exact) mass is 338 g/mol. The van der Waals surface area contributed by atoms with Crippen LogP contribution in [-0.2, 0) is 0 Å². The van der Waals surface area contributed by atoms with Gasteiger partial charge in [0.15, 0.2) is 0 Å². The molecular formula is C14H12BrClN2O. The number of benzene rings is 2. The van der Waals surface area contributed by atoms with Crippen LogP contribution in [0.3, 0.4) is 0 Å².